The summed E-state index contributed by atoms with van der Waals surface area (Å²) in [5.74, 6) is -0.543. The highest BCUT2D eigenvalue weighted by molar-refractivity contribution is 7.92. The lowest BCUT2D eigenvalue weighted by Gasteiger charge is -2.21. The molecule has 154 valence electrons. The molecule has 1 aliphatic heterocycles. The van der Waals surface area contributed by atoms with Crippen LogP contribution >= 0.6 is 0 Å². The fourth-order valence-corrected chi connectivity index (χ4v) is 4.61. The number of anilines is 2. The molecule has 2 aromatic carbocycles. The van der Waals surface area contributed by atoms with Gasteiger partial charge in [-0.2, -0.15) is 0 Å². The maximum Gasteiger partial charge on any atom is 0.338 e. The highest BCUT2D eigenvalue weighted by Gasteiger charge is 2.32. The quantitative estimate of drug-likeness (QED) is 0.722. The Morgan fingerprint density at radius 2 is 1.97 bits per heavy atom. The van der Waals surface area contributed by atoms with Crippen LogP contribution in [-0.2, 0) is 26.0 Å². The first-order valence-electron chi connectivity index (χ1n) is 8.92. The topological polar surface area (TPSA) is 102 Å². The number of fused-ring (bicyclic) bond motifs is 1. The third-order valence-electron chi connectivity index (χ3n) is 4.51. The van der Waals surface area contributed by atoms with Crippen LogP contribution in [-0.4, -0.2) is 46.3 Å². The van der Waals surface area contributed by atoms with Gasteiger partial charge in [0.25, 0.3) is 5.91 Å². The average molecular weight is 418 g/mol. The third-order valence-corrected chi connectivity index (χ3v) is 5.78. The molecule has 9 heteroatoms. The number of ether oxygens (including phenoxy) is 2. The van der Waals surface area contributed by atoms with Crippen LogP contribution in [0.2, 0.25) is 0 Å². The van der Waals surface area contributed by atoms with Gasteiger partial charge < -0.3 is 14.8 Å². The minimum atomic E-state index is -3.40. The van der Waals surface area contributed by atoms with Gasteiger partial charge in [-0.15, -0.1) is 0 Å². The zero-order valence-electron chi connectivity index (χ0n) is 16.3. The summed E-state index contributed by atoms with van der Waals surface area (Å²) in [5.41, 5.74) is 2.10. The normalized spacial score (nSPS) is 15.6. The number of methoxy groups -OCH3 is 1. The van der Waals surface area contributed by atoms with Crippen LogP contribution < -0.4 is 14.4 Å². The van der Waals surface area contributed by atoms with Gasteiger partial charge in [-0.25, -0.2) is 13.2 Å². The summed E-state index contributed by atoms with van der Waals surface area (Å²) in [5, 5.41) is 2.62. The van der Waals surface area contributed by atoms with E-state index < -0.39 is 28.5 Å². The molecular weight excluding hydrogens is 396 g/mol. The largest absolute Gasteiger partial charge is 0.497 e. The van der Waals surface area contributed by atoms with Crippen molar-refractivity contribution in [3.63, 3.8) is 0 Å². The average Bonchev–Trinajstić information content (AvgIpc) is 3.01. The number of nitrogens with zero attached hydrogens (tertiary/aromatic N) is 1. The molecule has 1 atom stereocenters. The Labute approximate surface area is 169 Å². The van der Waals surface area contributed by atoms with Crippen LogP contribution in [0.4, 0.5) is 11.4 Å². The van der Waals surface area contributed by atoms with E-state index in [9.17, 15) is 18.0 Å². The first-order valence-corrected chi connectivity index (χ1v) is 10.8. The summed E-state index contributed by atoms with van der Waals surface area (Å²) in [4.78, 5) is 24.3. The van der Waals surface area contributed by atoms with E-state index in [0.29, 0.717) is 23.5 Å². The van der Waals surface area contributed by atoms with Gasteiger partial charge in [0.05, 0.1) is 24.6 Å². The number of carbonyl (C=O) groups is 2. The minimum Gasteiger partial charge on any atom is -0.497 e. The highest BCUT2D eigenvalue weighted by atomic mass is 32.2. The van der Waals surface area contributed by atoms with Crippen molar-refractivity contribution in [3.05, 3.63) is 53.6 Å². The number of rotatable bonds is 6. The molecular formula is C20H22N2O6S. The van der Waals surface area contributed by atoms with Crippen molar-refractivity contribution >= 4 is 33.3 Å². The van der Waals surface area contributed by atoms with Gasteiger partial charge in [-0.3, -0.25) is 9.10 Å². The third kappa shape index (κ3) is 4.68. The van der Waals surface area contributed by atoms with Crippen molar-refractivity contribution in [1.82, 2.24) is 0 Å². The maximum atomic E-state index is 12.3. The van der Waals surface area contributed by atoms with E-state index in [1.807, 2.05) is 6.92 Å². The lowest BCUT2D eigenvalue weighted by atomic mass is 10.1. The molecule has 0 bridgehead atoms. The fourth-order valence-electron chi connectivity index (χ4n) is 3.35. The summed E-state index contributed by atoms with van der Waals surface area (Å²) in [6, 6.07) is 11.3. The lowest BCUT2D eigenvalue weighted by Crippen LogP contribution is -2.34. The fraction of sp³-hybridized carbons (Fsp3) is 0.300. The minimum absolute atomic E-state index is 0.222. The molecule has 0 saturated heterocycles. The Bertz CT molecular complexity index is 1050. The molecule has 0 aliphatic carbocycles. The molecule has 0 unspecified atom stereocenters. The van der Waals surface area contributed by atoms with Crippen LogP contribution in [0.5, 0.6) is 5.75 Å². The van der Waals surface area contributed by atoms with E-state index >= 15 is 0 Å². The highest BCUT2D eigenvalue weighted by Crippen LogP contribution is 2.34. The standard InChI is InChI=1S/C20H22N2O6S/c1-13-9-15-10-14(7-8-18(15)22(13)29(3,25)26)20(24)28-12-19(23)21-16-5-4-6-17(11-16)27-2/h4-8,10-11,13H,9,12H2,1-3H3,(H,21,23)/t13-/m0/s1. The van der Waals surface area contributed by atoms with Crippen molar-refractivity contribution in [3.8, 4) is 5.75 Å². The van der Waals surface area contributed by atoms with Gasteiger partial charge >= 0.3 is 5.97 Å². The molecule has 2 aromatic rings. The van der Waals surface area contributed by atoms with Gasteiger partial charge in [-0.1, -0.05) is 6.07 Å². The molecule has 1 amide bonds. The second-order valence-electron chi connectivity index (χ2n) is 6.81. The monoisotopic (exact) mass is 418 g/mol. The summed E-state index contributed by atoms with van der Waals surface area (Å²) in [6.07, 6.45) is 1.65. The molecule has 1 aliphatic rings. The summed E-state index contributed by atoms with van der Waals surface area (Å²) >= 11 is 0. The molecule has 0 aromatic heterocycles. The van der Waals surface area contributed by atoms with Gasteiger partial charge in [-0.05, 0) is 49.2 Å². The number of esters is 1. The Kier molecular flexibility index (Phi) is 5.78. The Hall–Kier alpha value is -3.07. The SMILES string of the molecule is COc1cccc(NC(=O)COC(=O)c2ccc3c(c2)C[C@H](C)N3S(C)(=O)=O)c1. The summed E-state index contributed by atoms with van der Waals surface area (Å²) in [7, 11) is -1.88. The predicted octanol–water partition coefficient (Wildman–Crippen LogP) is 2.20. The number of hydrogen-bond donors (Lipinski definition) is 1. The van der Waals surface area contributed by atoms with Crippen LogP contribution in [0.3, 0.4) is 0 Å². The predicted molar refractivity (Wildman–Crippen MR) is 109 cm³/mol. The van der Waals surface area contributed by atoms with E-state index in [1.54, 1.807) is 36.4 Å². The second kappa shape index (κ2) is 8.12. The van der Waals surface area contributed by atoms with Crippen molar-refractivity contribution in [1.29, 1.82) is 0 Å². The number of amides is 1. The smallest absolute Gasteiger partial charge is 0.338 e. The van der Waals surface area contributed by atoms with Gasteiger partial charge in [0, 0.05) is 17.8 Å². The van der Waals surface area contributed by atoms with Crippen molar-refractivity contribution in [2.45, 2.75) is 19.4 Å². The van der Waals surface area contributed by atoms with E-state index in [4.69, 9.17) is 9.47 Å². The summed E-state index contributed by atoms with van der Waals surface area (Å²) < 4.78 is 35.5. The Balaban J connectivity index is 1.63. The van der Waals surface area contributed by atoms with Crippen LogP contribution in [0.1, 0.15) is 22.8 Å². The van der Waals surface area contributed by atoms with E-state index in [1.165, 1.54) is 17.5 Å². The molecule has 0 saturated carbocycles. The van der Waals surface area contributed by atoms with Crippen LogP contribution in [0.15, 0.2) is 42.5 Å². The number of sulfonamides is 1. The zero-order valence-corrected chi connectivity index (χ0v) is 17.2. The van der Waals surface area contributed by atoms with Crippen molar-refractivity contribution in [2.75, 3.05) is 29.6 Å². The number of benzene rings is 2. The molecule has 29 heavy (non-hydrogen) atoms. The van der Waals surface area contributed by atoms with E-state index in [2.05, 4.69) is 5.32 Å². The summed E-state index contributed by atoms with van der Waals surface area (Å²) in [6.45, 7) is 1.36. The Morgan fingerprint density at radius 3 is 2.66 bits per heavy atom. The number of carbonyl (C=O) groups excluding carboxylic acids is 2. The van der Waals surface area contributed by atoms with Gasteiger partial charge in [0.1, 0.15) is 5.75 Å². The van der Waals surface area contributed by atoms with E-state index in [0.717, 1.165) is 11.8 Å². The second-order valence-corrected chi connectivity index (χ2v) is 8.67. The first-order chi connectivity index (χ1) is 13.7. The molecule has 0 radical (unpaired) electrons. The zero-order chi connectivity index (χ0) is 21.2. The van der Waals surface area contributed by atoms with Crippen LogP contribution in [0, 0.1) is 0 Å². The van der Waals surface area contributed by atoms with Crippen LogP contribution in [0.25, 0.3) is 0 Å². The number of hydrogen-bond acceptors (Lipinski definition) is 6. The first kappa shape index (κ1) is 20.7. The van der Waals surface area contributed by atoms with Crippen molar-refractivity contribution < 1.29 is 27.5 Å². The van der Waals surface area contributed by atoms with E-state index in [-0.39, 0.29) is 11.6 Å². The molecule has 1 N–H and O–H groups in total. The van der Waals surface area contributed by atoms with Gasteiger partial charge in [0.2, 0.25) is 10.0 Å². The Morgan fingerprint density at radius 1 is 1.21 bits per heavy atom. The molecule has 0 fully saturated rings. The molecule has 0 spiro atoms. The lowest BCUT2D eigenvalue weighted by molar-refractivity contribution is -0.119. The number of nitrogens with one attached hydrogen (secondary N) is 1. The molecule has 3 rings (SSSR count). The maximum absolute atomic E-state index is 12.3. The molecule has 1 heterocycles. The van der Waals surface area contributed by atoms with Crippen molar-refractivity contribution in [2.24, 2.45) is 0 Å². The van der Waals surface area contributed by atoms with Gasteiger partial charge in [0.15, 0.2) is 6.61 Å². The molecule has 8 nitrogen and oxygen atoms in total.